The first-order chi connectivity index (χ1) is 16.4. The molecule has 0 saturated carbocycles. The van der Waals surface area contributed by atoms with Crippen molar-refractivity contribution in [1.29, 1.82) is 0 Å². The standard InChI is InChI=1S/C28H38N4O2/c1-6-10-11-12-26(33)34-21-13-16-25-22(19-21)20(5)27-24(30-17-18-31(7-2)8-3)15-14-23(29)28(27)32(25)9-4/h9,13-16,19,30H,4-8,10-12,17-18,29H2,1-3H3. The van der Waals surface area contributed by atoms with E-state index in [9.17, 15) is 4.79 Å². The van der Waals surface area contributed by atoms with E-state index in [1.54, 1.807) is 6.20 Å². The zero-order chi connectivity index (χ0) is 24.7. The average molecular weight is 463 g/mol. The minimum absolute atomic E-state index is 0.209. The summed E-state index contributed by atoms with van der Waals surface area (Å²) < 4.78 is 5.63. The Kier molecular flexibility index (Phi) is 8.77. The lowest BCUT2D eigenvalue weighted by Crippen LogP contribution is -2.29. The average Bonchev–Trinajstić information content (AvgIpc) is 2.84. The number of esters is 1. The first-order valence-corrected chi connectivity index (χ1v) is 12.3. The summed E-state index contributed by atoms with van der Waals surface area (Å²) in [5.74, 6) is 0.313. The molecule has 0 bridgehead atoms. The summed E-state index contributed by atoms with van der Waals surface area (Å²) in [6.45, 7) is 18.7. The van der Waals surface area contributed by atoms with Crippen LogP contribution in [0.4, 0.5) is 22.7 Å². The molecule has 0 aromatic heterocycles. The molecule has 0 radical (unpaired) electrons. The maximum Gasteiger partial charge on any atom is 0.311 e. The van der Waals surface area contributed by atoms with Crippen LogP contribution in [0.2, 0.25) is 0 Å². The van der Waals surface area contributed by atoms with Gasteiger partial charge < -0.3 is 25.6 Å². The van der Waals surface area contributed by atoms with Crippen LogP contribution < -0.4 is 20.7 Å². The SMILES string of the molecule is C=CN1c2ccc(OC(=O)CCCCC)cc2C(=C)c2c(NCCN(CC)CC)ccc(N)c21. The number of nitrogen functional groups attached to an aromatic ring is 1. The molecule has 2 aromatic carbocycles. The zero-order valence-corrected chi connectivity index (χ0v) is 20.8. The van der Waals surface area contributed by atoms with E-state index in [0.717, 1.165) is 79.2 Å². The molecule has 0 saturated heterocycles. The van der Waals surface area contributed by atoms with Gasteiger partial charge in [0.25, 0.3) is 0 Å². The Bertz CT molecular complexity index is 1040. The number of anilines is 4. The van der Waals surface area contributed by atoms with Gasteiger partial charge in [-0.25, -0.2) is 0 Å². The molecule has 0 amide bonds. The highest BCUT2D eigenvalue weighted by atomic mass is 16.5. The lowest BCUT2D eigenvalue weighted by atomic mass is 9.89. The molecular formula is C28H38N4O2. The van der Waals surface area contributed by atoms with E-state index in [0.29, 0.717) is 17.9 Å². The number of unbranched alkanes of at least 4 members (excludes halogenated alkanes) is 2. The third-order valence-electron chi connectivity index (χ3n) is 6.34. The number of nitrogens with one attached hydrogen (secondary N) is 1. The topological polar surface area (TPSA) is 70.8 Å². The Balaban J connectivity index is 1.91. The molecule has 1 aliphatic rings. The Morgan fingerprint density at radius 1 is 1.18 bits per heavy atom. The summed E-state index contributed by atoms with van der Waals surface area (Å²) in [6.07, 6.45) is 5.11. The number of carbonyl (C=O) groups is 1. The molecule has 2 aromatic rings. The first-order valence-electron chi connectivity index (χ1n) is 12.3. The predicted octanol–water partition coefficient (Wildman–Crippen LogP) is 6.16. The van der Waals surface area contributed by atoms with Crippen LogP contribution >= 0.6 is 0 Å². The van der Waals surface area contributed by atoms with Gasteiger partial charge in [-0.05, 0) is 55.4 Å². The highest BCUT2D eigenvalue weighted by Crippen LogP contribution is 2.50. The second-order valence-corrected chi connectivity index (χ2v) is 8.52. The summed E-state index contributed by atoms with van der Waals surface area (Å²) in [6, 6.07) is 9.55. The summed E-state index contributed by atoms with van der Waals surface area (Å²) in [5, 5.41) is 3.58. The number of fused-ring (bicyclic) bond motifs is 2. The molecule has 0 fully saturated rings. The minimum atomic E-state index is -0.209. The second-order valence-electron chi connectivity index (χ2n) is 8.52. The molecule has 0 unspecified atom stereocenters. The van der Waals surface area contributed by atoms with Crippen LogP contribution in [-0.2, 0) is 4.79 Å². The number of benzene rings is 2. The van der Waals surface area contributed by atoms with E-state index in [2.05, 4.69) is 44.1 Å². The van der Waals surface area contributed by atoms with Gasteiger partial charge in [0, 0.05) is 42.5 Å². The van der Waals surface area contributed by atoms with Crippen molar-refractivity contribution in [3.63, 3.8) is 0 Å². The summed E-state index contributed by atoms with van der Waals surface area (Å²) in [4.78, 5) is 16.6. The van der Waals surface area contributed by atoms with Crippen LogP contribution in [-0.4, -0.2) is 37.0 Å². The second kappa shape index (κ2) is 11.7. The maximum absolute atomic E-state index is 12.3. The largest absolute Gasteiger partial charge is 0.427 e. The van der Waals surface area contributed by atoms with E-state index in [1.165, 1.54) is 0 Å². The summed E-state index contributed by atoms with van der Waals surface area (Å²) in [7, 11) is 0. The Hall–Kier alpha value is -3.25. The van der Waals surface area contributed by atoms with Gasteiger partial charge in [0.15, 0.2) is 0 Å². The van der Waals surface area contributed by atoms with Crippen LogP contribution in [0.25, 0.3) is 5.57 Å². The van der Waals surface area contributed by atoms with Crippen molar-refractivity contribution in [3.8, 4) is 5.75 Å². The fourth-order valence-electron chi connectivity index (χ4n) is 4.39. The molecule has 3 rings (SSSR count). The number of likely N-dealkylation sites (N-methyl/N-ethyl adjacent to an activating group) is 1. The normalized spacial score (nSPS) is 12.4. The Morgan fingerprint density at radius 2 is 1.94 bits per heavy atom. The van der Waals surface area contributed by atoms with Crippen molar-refractivity contribution < 1.29 is 9.53 Å². The minimum Gasteiger partial charge on any atom is -0.427 e. The van der Waals surface area contributed by atoms with Crippen molar-refractivity contribution in [1.82, 2.24) is 4.90 Å². The quantitative estimate of drug-likeness (QED) is 0.170. The molecule has 3 N–H and O–H groups in total. The monoisotopic (exact) mass is 462 g/mol. The first kappa shape index (κ1) is 25.4. The van der Waals surface area contributed by atoms with Crippen LogP contribution in [0, 0.1) is 0 Å². The van der Waals surface area contributed by atoms with E-state index in [4.69, 9.17) is 10.5 Å². The van der Waals surface area contributed by atoms with Gasteiger partial charge in [-0.15, -0.1) is 0 Å². The van der Waals surface area contributed by atoms with E-state index in [1.807, 2.05) is 35.2 Å². The van der Waals surface area contributed by atoms with Gasteiger partial charge in [0.2, 0.25) is 0 Å². The van der Waals surface area contributed by atoms with E-state index >= 15 is 0 Å². The van der Waals surface area contributed by atoms with Crippen molar-refractivity contribution in [3.05, 3.63) is 60.8 Å². The number of nitrogens with two attached hydrogens (primary N) is 1. The van der Waals surface area contributed by atoms with E-state index in [-0.39, 0.29) is 5.97 Å². The summed E-state index contributed by atoms with van der Waals surface area (Å²) >= 11 is 0. The van der Waals surface area contributed by atoms with Crippen LogP contribution in [0.15, 0.2) is 49.7 Å². The van der Waals surface area contributed by atoms with Gasteiger partial charge >= 0.3 is 5.97 Å². The molecule has 34 heavy (non-hydrogen) atoms. The van der Waals surface area contributed by atoms with Gasteiger partial charge in [0.1, 0.15) is 5.75 Å². The summed E-state index contributed by atoms with van der Waals surface area (Å²) in [5.41, 5.74) is 12.5. The third kappa shape index (κ3) is 5.45. The van der Waals surface area contributed by atoms with Crippen LogP contribution in [0.3, 0.4) is 0 Å². The molecule has 182 valence electrons. The van der Waals surface area contributed by atoms with E-state index < -0.39 is 0 Å². The van der Waals surface area contributed by atoms with Gasteiger partial charge in [-0.3, -0.25) is 4.79 Å². The molecule has 6 heteroatoms. The third-order valence-corrected chi connectivity index (χ3v) is 6.34. The lowest BCUT2D eigenvalue weighted by Gasteiger charge is -2.34. The fourth-order valence-corrected chi connectivity index (χ4v) is 4.39. The number of carbonyl (C=O) groups excluding carboxylic acids is 1. The Labute approximate surface area is 204 Å². The zero-order valence-electron chi connectivity index (χ0n) is 20.8. The molecular weight excluding hydrogens is 424 g/mol. The Morgan fingerprint density at radius 3 is 2.62 bits per heavy atom. The van der Waals surface area contributed by atoms with Crippen molar-refractivity contribution in [2.24, 2.45) is 0 Å². The fraction of sp³-hybridized carbons (Fsp3) is 0.393. The highest BCUT2D eigenvalue weighted by molar-refractivity contribution is 6.05. The number of hydrogen-bond donors (Lipinski definition) is 2. The number of hydrogen-bond acceptors (Lipinski definition) is 6. The predicted molar refractivity (Wildman–Crippen MR) is 144 cm³/mol. The van der Waals surface area contributed by atoms with Gasteiger partial charge in [-0.1, -0.05) is 46.8 Å². The molecule has 6 nitrogen and oxygen atoms in total. The van der Waals surface area contributed by atoms with Crippen molar-refractivity contribution in [2.75, 3.05) is 42.1 Å². The highest BCUT2D eigenvalue weighted by Gasteiger charge is 2.29. The van der Waals surface area contributed by atoms with Crippen LogP contribution in [0.1, 0.15) is 57.6 Å². The molecule has 0 aliphatic carbocycles. The van der Waals surface area contributed by atoms with Gasteiger partial charge in [-0.2, -0.15) is 0 Å². The lowest BCUT2D eigenvalue weighted by molar-refractivity contribution is -0.134. The number of ether oxygens (including phenoxy) is 1. The van der Waals surface area contributed by atoms with Crippen LogP contribution in [0.5, 0.6) is 5.75 Å². The smallest absolute Gasteiger partial charge is 0.311 e. The number of nitrogens with zero attached hydrogens (tertiary/aromatic N) is 2. The molecule has 0 atom stereocenters. The van der Waals surface area contributed by atoms with Gasteiger partial charge in [0.05, 0.1) is 17.1 Å². The van der Waals surface area contributed by atoms with Crippen molar-refractivity contribution in [2.45, 2.75) is 46.5 Å². The van der Waals surface area contributed by atoms with Crippen molar-refractivity contribution >= 4 is 34.3 Å². The molecule has 0 spiro atoms. The maximum atomic E-state index is 12.3. The number of rotatable bonds is 12. The molecule has 1 heterocycles. The molecule has 1 aliphatic heterocycles.